The van der Waals surface area contributed by atoms with Gasteiger partial charge in [-0.05, 0) is 25.1 Å². The molecular formula is C21H22N4O4S. The molecule has 156 valence electrons. The van der Waals surface area contributed by atoms with Crippen molar-refractivity contribution in [3.63, 3.8) is 0 Å². The molecule has 0 aliphatic heterocycles. The van der Waals surface area contributed by atoms with Gasteiger partial charge in [0.25, 0.3) is 5.91 Å². The highest BCUT2D eigenvalue weighted by Crippen LogP contribution is 2.17. The van der Waals surface area contributed by atoms with Gasteiger partial charge in [-0.1, -0.05) is 47.2 Å². The topological polar surface area (TPSA) is 102 Å². The average Bonchev–Trinajstić information content (AvgIpc) is 3.23. The molecule has 0 bridgehead atoms. The molecule has 0 aliphatic rings. The molecule has 0 spiro atoms. The number of nitrogens with one attached hydrogen (secondary N) is 2. The summed E-state index contributed by atoms with van der Waals surface area (Å²) in [5.74, 6) is 0.115. The highest BCUT2D eigenvalue weighted by Gasteiger charge is 2.14. The van der Waals surface area contributed by atoms with Crippen molar-refractivity contribution in [1.29, 1.82) is 0 Å². The molecular weight excluding hydrogens is 404 g/mol. The van der Waals surface area contributed by atoms with Crippen LogP contribution >= 0.6 is 11.3 Å². The van der Waals surface area contributed by atoms with Crippen molar-refractivity contribution < 1.29 is 19.1 Å². The van der Waals surface area contributed by atoms with Crippen LogP contribution in [0.2, 0.25) is 0 Å². The molecule has 2 aromatic carbocycles. The molecule has 0 unspecified atom stereocenters. The molecule has 0 aliphatic carbocycles. The fraction of sp³-hybridized carbons (Fsp3) is 0.238. The first-order valence-corrected chi connectivity index (χ1v) is 10.0. The van der Waals surface area contributed by atoms with E-state index in [4.69, 9.17) is 9.47 Å². The number of aryl methyl sites for hydroxylation is 1. The van der Waals surface area contributed by atoms with Crippen molar-refractivity contribution >= 4 is 28.8 Å². The maximum atomic E-state index is 12.2. The maximum absolute atomic E-state index is 12.2. The molecule has 9 heteroatoms. The van der Waals surface area contributed by atoms with Crippen molar-refractivity contribution in [2.45, 2.75) is 20.1 Å². The van der Waals surface area contributed by atoms with E-state index in [9.17, 15) is 9.59 Å². The summed E-state index contributed by atoms with van der Waals surface area (Å²) in [6.07, 6.45) is 0. The van der Waals surface area contributed by atoms with Gasteiger partial charge >= 0.3 is 0 Å². The van der Waals surface area contributed by atoms with Crippen molar-refractivity contribution in [2.75, 3.05) is 19.0 Å². The van der Waals surface area contributed by atoms with Gasteiger partial charge in [0, 0.05) is 17.8 Å². The summed E-state index contributed by atoms with van der Waals surface area (Å²) in [6.45, 7) is 2.28. The van der Waals surface area contributed by atoms with E-state index in [0.717, 1.165) is 22.5 Å². The molecule has 0 fully saturated rings. The summed E-state index contributed by atoms with van der Waals surface area (Å²) >= 11 is 1.12. The maximum Gasteiger partial charge on any atom is 0.286 e. The first-order valence-electron chi connectivity index (χ1n) is 9.22. The molecule has 2 N–H and O–H groups in total. The van der Waals surface area contributed by atoms with Crippen LogP contribution in [0.4, 0.5) is 5.69 Å². The summed E-state index contributed by atoms with van der Waals surface area (Å²) in [5, 5.41) is 14.1. The smallest absolute Gasteiger partial charge is 0.286 e. The number of methoxy groups -OCH3 is 1. The molecule has 1 heterocycles. The minimum Gasteiger partial charge on any atom is -0.496 e. The number of hydrogen-bond acceptors (Lipinski definition) is 7. The second-order valence-corrected chi connectivity index (χ2v) is 7.46. The average molecular weight is 426 g/mol. The second-order valence-electron chi connectivity index (χ2n) is 6.40. The van der Waals surface area contributed by atoms with E-state index in [2.05, 4.69) is 20.8 Å². The van der Waals surface area contributed by atoms with Gasteiger partial charge in [0.1, 0.15) is 24.0 Å². The number of carbonyl (C=O) groups is 2. The Morgan fingerprint density at radius 1 is 1.07 bits per heavy atom. The lowest BCUT2D eigenvalue weighted by molar-refractivity contribution is -0.126. The van der Waals surface area contributed by atoms with Gasteiger partial charge in [0.15, 0.2) is 0 Å². The molecule has 0 atom stereocenters. The lowest BCUT2D eigenvalue weighted by Gasteiger charge is -2.09. The molecule has 0 saturated carbocycles. The second kappa shape index (κ2) is 10.5. The lowest BCUT2D eigenvalue weighted by Crippen LogP contribution is -2.27. The Labute approximate surface area is 178 Å². The number of carbonyl (C=O) groups excluding carboxylic acids is 2. The number of rotatable bonds is 9. The fourth-order valence-corrected chi connectivity index (χ4v) is 3.22. The van der Waals surface area contributed by atoms with Gasteiger partial charge in [0.05, 0.1) is 7.11 Å². The highest BCUT2D eigenvalue weighted by atomic mass is 32.1. The van der Waals surface area contributed by atoms with Gasteiger partial charge in [-0.25, -0.2) is 0 Å². The number of amides is 2. The van der Waals surface area contributed by atoms with Crippen LogP contribution in [0.15, 0.2) is 48.5 Å². The monoisotopic (exact) mass is 426 g/mol. The third kappa shape index (κ3) is 6.10. The fourth-order valence-electron chi connectivity index (χ4n) is 2.55. The summed E-state index contributed by atoms with van der Waals surface area (Å²) in [5.41, 5.74) is 2.67. The van der Waals surface area contributed by atoms with Crippen molar-refractivity contribution in [3.05, 3.63) is 69.7 Å². The molecule has 0 radical (unpaired) electrons. The van der Waals surface area contributed by atoms with Gasteiger partial charge in [-0.3, -0.25) is 9.59 Å². The van der Waals surface area contributed by atoms with E-state index in [1.165, 1.54) is 0 Å². The summed E-state index contributed by atoms with van der Waals surface area (Å²) in [6, 6.07) is 14.9. The van der Waals surface area contributed by atoms with E-state index in [-0.39, 0.29) is 30.0 Å². The number of aromatic nitrogens is 2. The van der Waals surface area contributed by atoms with Crippen LogP contribution in [-0.4, -0.2) is 35.7 Å². The van der Waals surface area contributed by atoms with Crippen LogP contribution in [0.25, 0.3) is 0 Å². The van der Waals surface area contributed by atoms with Gasteiger partial charge in [-0.2, -0.15) is 0 Å². The Bertz CT molecular complexity index is 1000. The molecule has 3 aromatic rings. The molecule has 2 amide bonds. The van der Waals surface area contributed by atoms with Crippen molar-refractivity contribution in [1.82, 2.24) is 15.5 Å². The van der Waals surface area contributed by atoms with Crippen molar-refractivity contribution in [2.24, 2.45) is 0 Å². The van der Waals surface area contributed by atoms with E-state index >= 15 is 0 Å². The van der Waals surface area contributed by atoms with E-state index < -0.39 is 0 Å². The SMILES string of the molecule is COc1ccccc1CNC(=O)COCc1nnc(C(=O)Nc2ccc(C)cc2)s1. The van der Waals surface area contributed by atoms with Crippen LogP contribution in [-0.2, 0) is 22.7 Å². The largest absolute Gasteiger partial charge is 0.496 e. The third-order valence-corrected chi connectivity index (χ3v) is 4.99. The third-order valence-electron chi connectivity index (χ3n) is 4.10. The lowest BCUT2D eigenvalue weighted by atomic mass is 10.2. The number of nitrogens with zero attached hydrogens (tertiary/aromatic N) is 2. The van der Waals surface area contributed by atoms with Gasteiger partial charge < -0.3 is 20.1 Å². The van der Waals surface area contributed by atoms with Crippen LogP contribution in [0.1, 0.15) is 25.9 Å². The van der Waals surface area contributed by atoms with Crippen LogP contribution in [0.3, 0.4) is 0 Å². The quantitative estimate of drug-likeness (QED) is 0.545. The first kappa shape index (κ1) is 21.4. The van der Waals surface area contributed by atoms with Crippen LogP contribution in [0.5, 0.6) is 5.75 Å². The van der Waals surface area contributed by atoms with Crippen LogP contribution in [0, 0.1) is 6.92 Å². The molecule has 8 nitrogen and oxygen atoms in total. The summed E-state index contributed by atoms with van der Waals surface area (Å²) in [7, 11) is 1.58. The number of anilines is 1. The minimum atomic E-state index is -0.336. The number of para-hydroxylation sites is 1. The Morgan fingerprint density at radius 3 is 2.60 bits per heavy atom. The normalized spacial score (nSPS) is 10.5. The number of ether oxygens (including phenoxy) is 2. The standard InChI is InChI=1S/C21H22N4O4S/c1-14-7-9-16(10-8-14)23-20(27)21-25-24-19(30-21)13-29-12-18(26)22-11-15-5-3-4-6-17(15)28-2/h3-10H,11-13H2,1-2H3,(H,22,26)(H,23,27). The predicted octanol–water partition coefficient (Wildman–Crippen LogP) is 2.94. The zero-order valence-electron chi connectivity index (χ0n) is 16.7. The van der Waals surface area contributed by atoms with Crippen molar-refractivity contribution in [3.8, 4) is 5.75 Å². The zero-order chi connectivity index (χ0) is 21.3. The highest BCUT2D eigenvalue weighted by molar-refractivity contribution is 7.13. The minimum absolute atomic E-state index is 0.0948. The van der Waals surface area contributed by atoms with Crippen LogP contribution < -0.4 is 15.4 Å². The Hall–Kier alpha value is -3.30. The summed E-state index contributed by atoms with van der Waals surface area (Å²) < 4.78 is 10.6. The van der Waals surface area contributed by atoms with E-state index in [0.29, 0.717) is 23.0 Å². The van der Waals surface area contributed by atoms with E-state index in [1.807, 2.05) is 55.5 Å². The van der Waals surface area contributed by atoms with Gasteiger partial charge in [-0.15, -0.1) is 10.2 Å². The Balaban J connectivity index is 1.42. The zero-order valence-corrected chi connectivity index (χ0v) is 17.5. The molecule has 1 aromatic heterocycles. The van der Waals surface area contributed by atoms with Gasteiger partial charge in [0.2, 0.25) is 10.9 Å². The number of hydrogen-bond donors (Lipinski definition) is 2. The van der Waals surface area contributed by atoms with E-state index in [1.54, 1.807) is 7.11 Å². The molecule has 3 rings (SSSR count). The predicted molar refractivity (Wildman–Crippen MR) is 114 cm³/mol. The Morgan fingerprint density at radius 2 is 1.83 bits per heavy atom. The Kier molecular flexibility index (Phi) is 7.47. The summed E-state index contributed by atoms with van der Waals surface area (Å²) in [4.78, 5) is 24.2. The first-order chi connectivity index (χ1) is 14.5. The number of benzene rings is 2. The molecule has 30 heavy (non-hydrogen) atoms. The molecule has 0 saturated heterocycles.